The van der Waals surface area contributed by atoms with Gasteiger partial charge in [0.2, 0.25) is 0 Å². The van der Waals surface area contributed by atoms with Crippen LogP contribution in [0.2, 0.25) is 0 Å². The highest BCUT2D eigenvalue weighted by Gasteiger charge is 2.08. The molecule has 0 spiro atoms. The van der Waals surface area contributed by atoms with Crippen molar-refractivity contribution in [1.82, 2.24) is 9.55 Å². The largest absolute Gasteiger partial charge is 0.330 e. The molecular formula is C12H18N2O. The van der Waals surface area contributed by atoms with Gasteiger partial charge in [0.05, 0.1) is 11.4 Å². The first kappa shape index (κ1) is 13.2. The van der Waals surface area contributed by atoms with Gasteiger partial charge in [0.25, 0.3) is 0 Å². The summed E-state index contributed by atoms with van der Waals surface area (Å²) in [5.74, 6) is 0. The minimum Gasteiger partial charge on any atom is -0.305 e. The van der Waals surface area contributed by atoms with E-state index < -0.39 is 0 Å². The molecular weight excluding hydrogens is 188 g/mol. The molecule has 1 aromatic rings. The second-order valence-electron chi connectivity index (χ2n) is 2.71. The van der Waals surface area contributed by atoms with Crippen LogP contribution in [0, 0.1) is 0 Å². The number of nitrogens with one attached hydrogen (secondary N) is 1. The Morgan fingerprint density at radius 3 is 2.20 bits per heavy atom. The van der Waals surface area contributed by atoms with Crippen LogP contribution in [0.15, 0.2) is 24.5 Å². The lowest BCUT2D eigenvalue weighted by Gasteiger charge is -2.01. The van der Waals surface area contributed by atoms with Gasteiger partial charge in [0.1, 0.15) is 0 Å². The molecule has 82 valence electrons. The van der Waals surface area contributed by atoms with E-state index in [0.29, 0.717) is 17.1 Å². The predicted octanol–water partition coefficient (Wildman–Crippen LogP) is 2.98. The summed E-state index contributed by atoms with van der Waals surface area (Å²) in [6.07, 6.45) is 3.18. The minimum absolute atomic E-state index is 0.211. The third-order valence-corrected chi connectivity index (χ3v) is 1.74. The molecule has 0 saturated carbocycles. The average Bonchev–Trinajstić information content (AvgIpc) is 2.57. The maximum absolute atomic E-state index is 11.4. The lowest BCUT2D eigenvalue weighted by molar-refractivity contribution is 0.997. The number of imidazole rings is 1. The summed E-state index contributed by atoms with van der Waals surface area (Å²) in [6, 6.07) is 0. The number of H-pyrrole nitrogens is 1. The van der Waals surface area contributed by atoms with E-state index in [-0.39, 0.29) is 5.69 Å². The van der Waals surface area contributed by atoms with Crippen molar-refractivity contribution in [3.8, 4) is 0 Å². The summed E-state index contributed by atoms with van der Waals surface area (Å²) in [4.78, 5) is 14.0. The fourth-order valence-corrected chi connectivity index (χ4v) is 1.20. The molecule has 0 atom stereocenters. The number of aromatic amines is 1. The van der Waals surface area contributed by atoms with Crippen molar-refractivity contribution < 1.29 is 0 Å². The van der Waals surface area contributed by atoms with E-state index in [9.17, 15) is 4.79 Å². The summed E-state index contributed by atoms with van der Waals surface area (Å²) >= 11 is 0. The van der Waals surface area contributed by atoms with E-state index in [2.05, 4.69) is 24.7 Å². The van der Waals surface area contributed by atoms with Gasteiger partial charge in [0.15, 0.2) is 0 Å². The van der Waals surface area contributed by atoms with Gasteiger partial charge in [-0.25, -0.2) is 4.79 Å². The van der Waals surface area contributed by atoms with Crippen LogP contribution in [0.1, 0.15) is 32.2 Å². The van der Waals surface area contributed by atoms with E-state index in [0.717, 1.165) is 0 Å². The molecule has 0 fully saturated rings. The van der Waals surface area contributed by atoms with Crippen LogP contribution >= 0.6 is 0 Å². The molecule has 0 aromatic carbocycles. The van der Waals surface area contributed by atoms with E-state index in [4.69, 9.17) is 0 Å². The highest BCUT2D eigenvalue weighted by Crippen LogP contribution is 2.10. The highest BCUT2D eigenvalue weighted by atomic mass is 16.1. The number of nitrogens with zero attached hydrogens (tertiary/aromatic N) is 1. The molecule has 0 saturated heterocycles. The maximum atomic E-state index is 11.4. The molecule has 1 rings (SSSR count). The van der Waals surface area contributed by atoms with Crippen LogP contribution in [-0.4, -0.2) is 9.55 Å². The van der Waals surface area contributed by atoms with Crippen LogP contribution in [-0.2, 0) is 0 Å². The first-order chi connectivity index (χ1) is 7.11. The molecule has 0 amide bonds. The van der Waals surface area contributed by atoms with Gasteiger partial charge in [-0.05, 0) is 19.1 Å². The van der Waals surface area contributed by atoms with E-state index in [1.54, 1.807) is 19.1 Å². The van der Waals surface area contributed by atoms with Crippen molar-refractivity contribution in [2.75, 3.05) is 0 Å². The Kier molecular flexibility index (Phi) is 5.16. The van der Waals surface area contributed by atoms with E-state index in [1.807, 2.05) is 13.8 Å². The molecule has 3 heteroatoms. The summed E-state index contributed by atoms with van der Waals surface area (Å²) in [5, 5.41) is 0. The first-order valence-electron chi connectivity index (χ1n) is 4.87. The third-order valence-electron chi connectivity index (χ3n) is 1.74. The van der Waals surface area contributed by atoms with Crippen LogP contribution in [0.3, 0.4) is 0 Å². The zero-order valence-electron chi connectivity index (χ0n) is 9.63. The Bertz CT molecular complexity index is 421. The summed E-state index contributed by atoms with van der Waals surface area (Å²) in [5.41, 5.74) is 1.82. The van der Waals surface area contributed by atoms with Crippen LogP contribution < -0.4 is 5.69 Å². The standard InChI is InChI=1S/C10H12N2O.C2H6/c1-5-8-9(6-2)12(7(3)4)10(13)11-8;1-2/h5-6H,1-3H2,4H3,(H,11,13);1-2H3. The molecule has 0 bridgehead atoms. The fraction of sp³-hybridized carbons (Fsp3) is 0.250. The van der Waals surface area contributed by atoms with Crippen LogP contribution in [0.5, 0.6) is 0 Å². The number of aromatic nitrogens is 2. The highest BCUT2D eigenvalue weighted by molar-refractivity contribution is 5.61. The summed E-state index contributed by atoms with van der Waals surface area (Å²) in [7, 11) is 0. The average molecular weight is 206 g/mol. The third kappa shape index (κ3) is 2.59. The van der Waals surface area contributed by atoms with E-state index >= 15 is 0 Å². The second-order valence-corrected chi connectivity index (χ2v) is 2.71. The summed E-state index contributed by atoms with van der Waals surface area (Å²) in [6.45, 7) is 16.7. The van der Waals surface area contributed by atoms with Crippen LogP contribution in [0.4, 0.5) is 0 Å². The van der Waals surface area contributed by atoms with Crippen molar-refractivity contribution in [3.05, 3.63) is 41.6 Å². The predicted molar refractivity (Wildman–Crippen MR) is 67.6 cm³/mol. The van der Waals surface area contributed by atoms with Gasteiger partial charge in [-0.15, -0.1) is 0 Å². The van der Waals surface area contributed by atoms with E-state index in [1.165, 1.54) is 4.57 Å². The molecule has 0 radical (unpaired) electrons. The van der Waals surface area contributed by atoms with Crippen molar-refractivity contribution in [2.24, 2.45) is 0 Å². The first-order valence-corrected chi connectivity index (χ1v) is 4.87. The van der Waals surface area contributed by atoms with Crippen molar-refractivity contribution >= 4 is 17.8 Å². The molecule has 15 heavy (non-hydrogen) atoms. The minimum atomic E-state index is -0.211. The van der Waals surface area contributed by atoms with Crippen molar-refractivity contribution in [3.63, 3.8) is 0 Å². The molecule has 1 heterocycles. The van der Waals surface area contributed by atoms with Crippen LogP contribution in [0.25, 0.3) is 17.8 Å². The Hall–Kier alpha value is -1.77. The zero-order valence-corrected chi connectivity index (χ0v) is 9.63. The topological polar surface area (TPSA) is 37.8 Å². The number of hydrogen-bond acceptors (Lipinski definition) is 1. The Morgan fingerprint density at radius 2 is 1.87 bits per heavy atom. The van der Waals surface area contributed by atoms with Gasteiger partial charge < -0.3 is 4.98 Å². The lowest BCUT2D eigenvalue weighted by Crippen LogP contribution is -2.15. The second kappa shape index (κ2) is 5.86. The Balaban J connectivity index is 0.000000921. The molecule has 0 unspecified atom stereocenters. The smallest absolute Gasteiger partial charge is 0.305 e. The normalized spacial score (nSPS) is 8.73. The van der Waals surface area contributed by atoms with Gasteiger partial charge in [-0.1, -0.05) is 33.6 Å². The monoisotopic (exact) mass is 206 g/mol. The molecule has 0 aliphatic rings. The van der Waals surface area contributed by atoms with Gasteiger partial charge >= 0.3 is 5.69 Å². The van der Waals surface area contributed by atoms with Crippen molar-refractivity contribution in [1.29, 1.82) is 0 Å². The molecule has 3 nitrogen and oxygen atoms in total. The molecule has 1 aromatic heterocycles. The number of hydrogen-bond donors (Lipinski definition) is 1. The molecule has 0 aliphatic carbocycles. The summed E-state index contributed by atoms with van der Waals surface area (Å²) < 4.78 is 1.46. The van der Waals surface area contributed by atoms with Gasteiger partial charge in [-0.3, -0.25) is 4.57 Å². The quantitative estimate of drug-likeness (QED) is 0.811. The lowest BCUT2D eigenvalue weighted by atomic mass is 10.3. The zero-order chi connectivity index (χ0) is 12.0. The molecule has 1 N–H and O–H groups in total. The number of allylic oxidation sites excluding steroid dienone is 1. The van der Waals surface area contributed by atoms with Crippen molar-refractivity contribution in [2.45, 2.75) is 20.8 Å². The Labute approximate surface area is 90.5 Å². The number of rotatable bonds is 3. The van der Waals surface area contributed by atoms with Gasteiger partial charge in [-0.2, -0.15) is 0 Å². The fourth-order valence-electron chi connectivity index (χ4n) is 1.20. The molecule has 0 aliphatic heterocycles. The van der Waals surface area contributed by atoms with Gasteiger partial charge in [0, 0.05) is 5.70 Å². The maximum Gasteiger partial charge on any atom is 0.330 e. The Morgan fingerprint density at radius 1 is 1.33 bits per heavy atom. The SMILES string of the molecule is C=Cc1[nH]c(=O)n(C(=C)C)c1C=C.CC.